The molecule has 8 heterocycles. The molecule has 396 valence electrons. The second-order valence-corrected chi connectivity index (χ2v) is 23.3. The molecule has 8 heteroatoms. The number of nitrogens with zero attached hydrogens (tertiary/aromatic N) is 8. The van der Waals surface area contributed by atoms with Crippen LogP contribution >= 0.6 is 0 Å². The van der Waals surface area contributed by atoms with E-state index in [4.69, 9.17) is 9.97 Å². The molecule has 8 aromatic heterocycles. The van der Waals surface area contributed by atoms with E-state index < -0.39 is 0 Å². The average Bonchev–Trinajstić information content (AvgIpc) is 4.25. The van der Waals surface area contributed by atoms with Crippen LogP contribution in [0, 0.1) is 5.92 Å². The first-order valence-corrected chi connectivity index (χ1v) is 29.5. The van der Waals surface area contributed by atoms with Crippen LogP contribution in [-0.2, 0) is 0 Å². The van der Waals surface area contributed by atoms with Crippen molar-refractivity contribution >= 4 is 126 Å². The number of aromatic nitrogens is 8. The molecule has 0 radical (unpaired) electrons. The van der Waals surface area contributed by atoms with E-state index in [2.05, 4.69) is 294 Å². The van der Waals surface area contributed by atoms with Crippen LogP contribution < -0.4 is 0 Å². The summed E-state index contributed by atoms with van der Waals surface area (Å²) in [4.78, 5) is 11.6. The first-order chi connectivity index (χ1) is 42.2. The Kier molecular flexibility index (Phi) is 8.93. The zero-order valence-electron chi connectivity index (χ0n) is 45.8. The fraction of sp³-hybridized carbons (Fsp3) is 0.0390. The van der Waals surface area contributed by atoms with Crippen molar-refractivity contribution in [3.8, 4) is 34.6 Å². The van der Waals surface area contributed by atoms with Crippen LogP contribution in [0.5, 0.6) is 0 Å². The van der Waals surface area contributed by atoms with Gasteiger partial charge in [0.15, 0.2) is 0 Å². The average molecular weight is 1090 g/mol. The zero-order chi connectivity index (χ0) is 55.2. The normalized spacial score (nSPS) is 15.0. The summed E-state index contributed by atoms with van der Waals surface area (Å²) in [5, 5.41) is 13.1. The Balaban J connectivity index is 0.912. The van der Waals surface area contributed by atoms with Crippen molar-refractivity contribution in [2.75, 3.05) is 0 Å². The van der Waals surface area contributed by atoms with Crippen LogP contribution in [0.25, 0.3) is 161 Å². The molecule has 1 saturated carbocycles. The summed E-state index contributed by atoms with van der Waals surface area (Å²) in [7, 11) is 0. The maximum absolute atomic E-state index is 5.82. The summed E-state index contributed by atoms with van der Waals surface area (Å²) in [5.74, 6) is 4.52. The molecule has 2 atom stereocenters. The Bertz CT molecular complexity index is 5700. The highest BCUT2D eigenvalue weighted by molar-refractivity contribution is 6.26. The minimum absolute atomic E-state index is 0.522. The maximum atomic E-state index is 5.82. The quantitative estimate of drug-likeness (QED) is 0.167. The predicted octanol–water partition coefficient (Wildman–Crippen LogP) is 19.0. The highest BCUT2D eigenvalue weighted by Gasteiger charge is 2.43. The van der Waals surface area contributed by atoms with Crippen LogP contribution in [0.3, 0.4) is 0 Å². The molecule has 2 unspecified atom stereocenters. The third kappa shape index (κ3) is 6.14. The van der Waals surface area contributed by atoms with E-state index in [1.165, 1.54) is 77.1 Å². The monoisotopic (exact) mass is 1080 g/mol. The Morgan fingerprint density at radius 3 is 1.05 bits per heavy atom. The van der Waals surface area contributed by atoms with Gasteiger partial charge in [-0.1, -0.05) is 176 Å². The molecule has 85 heavy (non-hydrogen) atoms. The number of allylic oxidation sites excluding steroid dienone is 1. The number of benzene rings is 10. The predicted molar refractivity (Wildman–Crippen MR) is 350 cm³/mol. The first-order valence-electron chi connectivity index (χ1n) is 29.5. The highest BCUT2D eigenvalue weighted by Crippen LogP contribution is 2.56. The van der Waals surface area contributed by atoms with Crippen molar-refractivity contribution in [2.24, 2.45) is 5.92 Å². The molecule has 18 aromatic rings. The minimum atomic E-state index is 0.522. The van der Waals surface area contributed by atoms with Gasteiger partial charge in [0, 0.05) is 83.5 Å². The molecule has 0 bridgehead atoms. The van der Waals surface area contributed by atoms with E-state index in [-0.39, 0.29) is 0 Å². The number of para-hydroxylation sites is 9. The first kappa shape index (κ1) is 45.4. The van der Waals surface area contributed by atoms with Crippen molar-refractivity contribution in [3.63, 3.8) is 0 Å². The number of hydrogen-bond acceptors (Lipinski definition) is 2. The molecular formula is C77H48N8. The summed E-state index contributed by atoms with van der Waals surface area (Å²) < 4.78 is 14.6. The van der Waals surface area contributed by atoms with Gasteiger partial charge in [-0.15, -0.1) is 0 Å². The molecule has 2 aliphatic carbocycles. The van der Waals surface area contributed by atoms with Crippen molar-refractivity contribution in [1.29, 1.82) is 0 Å². The largest absolute Gasteiger partial charge is 0.309 e. The second kappa shape index (κ2) is 16.7. The molecule has 20 rings (SSSR count). The molecule has 0 amide bonds. The standard InChI is InChI=1S/C77H48N8/c1-11-29-61-49(19-1)50-20-2-12-30-62(50)82(61)71-42-47(43-74(79-71)85-68-36-18-8-26-57(68)75-59-41-46(59)37-39-69(75)85)80-67-35-17-9-27-58(67)76-70(80)40-38-56-55-25-7-10-28-60(55)81(77(56)76)48-44-72(83-63-31-13-3-21-51(63)52-22-4-14-32-64(52)83)78-73(45-48)84-65-33-15-5-23-53(65)54-24-6-16-34-66(54)84/h1-40,42-46,59H,41H2. The van der Waals surface area contributed by atoms with Crippen molar-refractivity contribution in [3.05, 3.63) is 272 Å². The SMILES string of the molecule is C1=CC2CC2c2c1n(-c1cc(-n3c4ccccc4c4c3ccc3c5ccccc5n(-c5cc(-n6c7ccccc7c7ccccc76)nc(-n6c7ccccc7c7ccccc76)c5)c34)cc(-n3c4ccccc4c4ccccc43)n1)c1ccccc21. The summed E-state index contributed by atoms with van der Waals surface area (Å²) in [6.07, 6.45) is 5.98. The van der Waals surface area contributed by atoms with Crippen LogP contribution in [0.15, 0.2) is 261 Å². The minimum Gasteiger partial charge on any atom is -0.309 e. The third-order valence-corrected chi connectivity index (χ3v) is 18.9. The van der Waals surface area contributed by atoms with E-state index in [9.17, 15) is 0 Å². The molecule has 2 aliphatic rings. The van der Waals surface area contributed by atoms with Gasteiger partial charge >= 0.3 is 0 Å². The van der Waals surface area contributed by atoms with Gasteiger partial charge in [0.2, 0.25) is 0 Å². The van der Waals surface area contributed by atoms with Crippen molar-refractivity contribution < 1.29 is 0 Å². The Hall–Kier alpha value is -11.2. The molecular weight excluding hydrogens is 1040 g/mol. The number of rotatable bonds is 6. The van der Waals surface area contributed by atoms with Crippen LogP contribution in [0.2, 0.25) is 0 Å². The summed E-state index contributed by atoms with van der Waals surface area (Å²) in [6, 6.07) is 93.4. The van der Waals surface area contributed by atoms with E-state index in [0.717, 1.165) is 95.2 Å². The van der Waals surface area contributed by atoms with E-state index in [0.29, 0.717) is 11.8 Å². The van der Waals surface area contributed by atoms with E-state index >= 15 is 0 Å². The maximum Gasteiger partial charge on any atom is 0.142 e. The fourth-order valence-electron chi connectivity index (χ4n) is 15.3. The van der Waals surface area contributed by atoms with Gasteiger partial charge in [0.05, 0.1) is 77.8 Å². The zero-order valence-corrected chi connectivity index (χ0v) is 45.8. The van der Waals surface area contributed by atoms with Gasteiger partial charge in [-0.05, 0) is 90.6 Å². The molecule has 0 spiro atoms. The van der Waals surface area contributed by atoms with Crippen LogP contribution in [-0.4, -0.2) is 37.4 Å². The van der Waals surface area contributed by atoms with Gasteiger partial charge in [-0.25, -0.2) is 9.97 Å². The van der Waals surface area contributed by atoms with Gasteiger partial charge in [-0.3, -0.25) is 18.3 Å². The lowest BCUT2D eigenvalue weighted by Crippen LogP contribution is -2.08. The lowest BCUT2D eigenvalue weighted by molar-refractivity contribution is 0.941. The van der Waals surface area contributed by atoms with E-state index in [1.54, 1.807) is 0 Å². The summed E-state index contributed by atoms with van der Waals surface area (Å²) in [6.45, 7) is 0. The van der Waals surface area contributed by atoms with Gasteiger partial charge < -0.3 is 9.13 Å². The van der Waals surface area contributed by atoms with E-state index in [1.807, 2.05) is 0 Å². The van der Waals surface area contributed by atoms with Gasteiger partial charge in [0.25, 0.3) is 0 Å². The number of pyridine rings is 2. The van der Waals surface area contributed by atoms with Gasteiger partial charge in [-0.2, -0.15) is 0 Å². The summed E-state index contributed by atoms with van der Waals surface area (Å²) in [5.41, 5.74) is 17.0. The summed E-state index contributed by atoms with van der Waals surface area (Å²) >= 11 is 0. The third-order valence-electron chi connectivity index (χ3n) is 18.9. The van der Waals surface area contributed by atoms with Crippen molar-refractivity contribution in [2.45, 2.75) is 12.3 Å². The van der Waals surface area contributed by atoms with Gasteiger partial charge in [0.1, 0.15) is 23.3 Å². The Morgan fingerprint density at radius 1 is 0.282 bits per heavy atom. The Labute approximate surface area is 485 Å². The Morgan fingerprint density at radius 2 is 0.612 bits per heavy atom. The lowest BCUT2D eigenvalue weighted by atomic mass is 10.0. The molecule has 0 saturated heterocycles. The lowest BCUT2D eigenvalue weighted by Gasteiger charge is -2.17. The highest BCUT2D eigenvalue weighted by atomic mass is 15.2. The molecule has 10 aromatic carbocycles. The topological polar surface area (TPSA) is 55.4 Å². The fourth-order valence-corrected chi connectivity index (χ4v) is 15.3. The molecule has 8 nitrogen and oxygen atoms in total. The number of hydrogen-bond donors (Lipinski definition) is 0. The second-order valence-electron chi connectivity index (χ2n) is 23.3. The molecule has 0 N–H and O–H groups in total. The number of fused-ring (bicyclic) bond motifs is 21. The van der Waals surface area contributed by atoms with Crippen LogP contribution in [0.1, 0.15) is 23.6 Å². The molecule has 0 aliphatic heterocycles. The van der Waals surface area contributed by atoms with Crippen molar-refractivity contribution in [1.82, 2.24) is 37.4 Å². The molecule has 1 fully saturated rings. The smallest absolute Gasteiger partial charge is 0.142 e. The van der Waals surface area contributed by atoms with Crippen LogP contribution in [0.4, 0.5) is 0 Å².